The maximum Gasteiger partial charge on any atom is 0.224 e. The zero-order valence-electron chi connectivity index (χ0n) is 12.4. The molecule has 0 aliphatic carbocycles. The molecule has 1 amide bonds. The fraction of sp³-hybridized carbons (Fsp3) is 0.533. The Labute approximate surface area is 120 Å². The van der Waals surface area contributed by atoms with E-state index in [1.54, 1.807) is 12.1 Å². The zero-order valence-corrected chi connectivity index (χ0v) is 12.4. The van der Waals surface area contributed by atoms with Gasteiger partial charge in [0.05, 0.1) is 18.9 Å². The van der Waals surface area contributed by atoms with E-state index in [0.29, 0.717) is 43.4 Å². The Kier molecular flexibility index (Phi) is 6.87. The third-order valence-corrected chi connectivity index (χ3v) is 2.77. The van der Waals surface area contributed by atoms with Crippen molar-refractivity contribution < 1.29 is 14.3 Å². The Morgan fingerprint density at radius 1 is 1.30 bits per heavy atom. The maximum atomic E-state index is 11.9. The number of rotatable bonds is 8. The van der Waals surface area contributed by atoms with Crippen molar-refractivity contribution in [2.24, 2.45) is 11.7 Å². The first-order chi connectivity index (χ1) is 9.60. The van der Waals surface area contributed by atoms with E-state index in [1.807, 2.05) is 26.8 Å². The Bertz CT molecular complexity index is 435. The van der Waals surface area contributed by atoms with Crippen LogP contribution in [0.5, 0.6) is 11.5 Å². The summed E-state index contributed by atoms with van der Waals surface area (Å²) in [6, 6.07) is 5.41. The van der Waals surface area contributed by atoms with Crippen molar-refractivity contribution in [3.05, 3.63) is 18.2 Å². The number of carbonyl (C=O) groups is 1. The highest BCUT2D eigenvalue weighted by Crippen LogP contribution is 2.29. The summed E-state index contributed by atoms with van der Waals surface area (Å²) in [6.07, 6.45) is 0.390. The molecule has 20 heavy (non-hydrogen) atoms. The van der Waals surface area contributed by atoms with E-state index < -0.39 is 0 Å². The molecule has 1 aromatic rings. The fourth-order valence-electron chi connectivity index (χ4n) is 1.75. The van der Waals surface area contributed by atoms with E-state index in [4.69, 9.17) is 15.2 Å². The van der Waals surface area contributed by atoms with Gasteiger partial charge in [0.25, 0.3) is 0 Å². The van der Waals surface area contributed by atoms with Gasteiger partial charge < -0.3 is 20.5 Å². The average Bonchev–Trinajstić information content (AvgIpc) is 2.42. The fourth-order valence-corrected chi connectivity index (χ4v) is 1.75. The molecule has 5 heteroatoms. The number of benzene rings is 1. The summed E-state index contributed by atoms with van der Waals surface area (Å²) in [5, 5.41) is 2.86. The quantitative estimate of drug-likeness (QED) is 0.767. The second-order valence-electron chi connectivity index (χ2n) is 4.62. The van der Waals surface area contributed by atoms with Crippen LogP contribution in [0.4, 0.5) is 5.69 Å². The van der Waals surface area contributed by atoms with Gasteiger partial charge in [-0.05, 0) is 38.4 Å². The monoisotopic (exact) mass is 280 g/mol. The molecular weight excluding hydrogens is 256 g/mol. The molecule has 0 saturated heterocycles. The SMILES string of the molecule is CCOc1ccc(OCC)c(NC(=O)CC(C)CN)c1. The van der Waals surface area contributed by atoms with Gasteiger partial charge in [0.1, 0.15) is 11.5 Å². The number of ether oxygens (including phenoxy) is 2. The predicted molar refractivity (Wildman–Crippen MR) is 80.2 cm³/mol. The van der Waals surface area contributed by atoms with Crippen LogP contribution < -0.4 is 20.5 Å². The van der Waals surface area contributed by atoms with Crippen LogP contribution >= 0.6 is 0 Å². The molecule has 0 aliphatic heterocycles. The molecule has 1 unspecified atom stereocenters. The number of carbonyl (C=O) groups excluding carboxylic acids is 1. The van der Waals surface area contributed by atoms with E-state index >= 15 is 0 Å². The largest absolute Gasteiger partial charge is 0.494 e. The van der Waals surface area contributed by atoms with Crippen molar-refractivity contribution in [1.82, 2.24) is 0 Å². The van der Waals surface area contributed by atoms with Gasteiger partial charge in [-0.2, -0.15) is 0 Å². The first kappa shape index (κ1) is 16.3. The number of nitrogens with one attached hydrogen (secondary N) is 1. The minimum absolute atomic E-state index is 0.0717. The van der Waals surface area contributed by atoms with Gasteiger partial charge in [-0.25, -0.2) is 0 Å². The second kappa shape index (κ2) is 8.43. The number of hydrogen-bond acceptors (Lipinski definition) is 4. The summed E-state index contributed by atoms with van der Waals surface area (Å²) >= 11 is 0. The highest BCUT2D eigenvalue weighted by molar-refractivity contribution is 5.92. The van der Waals surface area contributed by atoms with E-state index in [0.717, 1.165) is 0 Å². The Morgan fingerprint density at radius 3 is 2.60 bits per heavy atom. The summed E-state index contributed by atoms with van der Waals surface area (Å²) in [5.41, 5.74) is 6.16. The molecule has 0 bridgehead atoms. The predicted octanol–water partition coefficient (Wildman–Crippen LogP) is 2.41. The van der Waals surface area contributed by atoms with Crippen LogP contribution in [-0.4, -0.2) is 25.7 Å². The molecule has 5 nitrogen and oxygen atoms in total. The summed E-state index contributed by atoms with van der Waals surface area (Å²) in [4.78, 5) is 11.9. The molecule has 1 rings (SSSR count). The smallest absolute Gasteiger partial charge is 0.224 e. The van der Waals surface area contributed by atoms with E-state index in [9.17, 15) is 4.79 Å². The minimum Gasteiger partial charge on any atom is -0.494 e. The Hall–Kier alpha value is -1.75. The van der Waals surface area contributed by atoms with Gasteiger partial charge >= 0.3 is 0 Å². The van der Waals surface area contributed by atoms with Crippen molar-refractivity contribution in [3.8, 4) is 11.5 Å². The highest BCUT2D eigenvalue weighted by Gasteiger charge is 2.12. The normalized spacial score (nSPS) is 11.8. The van der Waals surface area contributed by atoms with Crippen LogP contribution in [0.25, 0.3) is 0 Å². The Balaban J connectivity index is 2.83. The molecule has 0 radical (unpaired) electrons. The van der Waals surface area contributed by atoms with E-state index in [2.05, 4.69) is 5.32 Å². The first-order valence-corrected chi connectivity index (χ1v) is 7.00. The molecular formula is C15H24N2O3. The van der Waals surface area contributed by atoms with Crippen molar-refractivity contribution in [1.29, 1.82) is 0 Å². The summed E-state index contributed by atoms with van der Waals surface area (Å²) in [6.45, 7) is 7.36. The molecule has 0 fully saturated rings. The van der Waals surface area contributed by atoms with E-state index in [-0.39, 0.29) is 11.8 Å². The molecule has 1 aromatic carbocycles. The molecule has 0 saturated carbocycles. The minimum atomic E-state index is -0.0717. The molecule has 0 spiro atoms. The third kappa shape index (κ3) is 5.09. The lowest BCUT2D eigenvalue weighted by molar-refractivity contribution is -0.116. The second-order valence-corrected chi connectivity index (χ2v) is 4.62. The number of amides is 1. The van der Waals surface area contributed by atoms with Crippen LogP contribution in [0.2, 0.25) is 0 Å². The number of hydrogen-bond donors (Lipinski definition) is 2. The van der Waals surface area contributed by atoms with Crippen molar-refractivity contribution in [2.45, 2.75) is 27.2 Å². The molecule has 0 heterocycles. The summed E-state index contributed by atoms with van der Waals surface area (Å²) in [5.74, 6) is 1.43. The standard InChI is InChI=1S/C15H24N2O3/c1-4-19-12-6-7-14(20-5-2)13(9-12)17-15(18)8-11(3)10-16/h6-7,9,11H,4-5,8,10,16H2,1-3H3,(H,17,18). The first-order valence-electron chi connectivity index (χ1n) is 7.00. The van der Waals surface area contributed by atoms with Gasteiger partial charge in [0.2, 0.25) is 5.91 Å². The maximum absolute atomic E-state index is 11.9. The Morgan fingerprint density at radius 2 is 2.00 bits per heavy atom. The van der Waals surface area contributed by atoms with Gasteiger partial charge in [-0.1, -0.05) is 6.92 Å². The van der Waals surface area contributed by atoms with Crippen molar-refractivity contribution in [3.63, 3.8) is 0 Å². The van der Waals surface area contributed by atoms with Crippen molar-refractivity contribution >= 4 is 11.6 Å². The van der Waals surface area contributed by atoms with Crippen LogP contribution in [0.1, 0.15) is 27.2 Å². The van der Waals surface area contributed by atoms with Gasteiger partial charge in [0.15, 0.2) is 0 Å². The average molecular weight is 280 g/mol. The van der Waals surface area contributed by atoms with Crippen molar-refractivity contribution in [2.75, 3.05) is 25.1 Å². The molecule has 3 N–H and O–H groups in total. The highest BCUT2D eigenvalue weighted by atomic mass is 16.5. The van der Waals surface area contributed by atoms with Crippen LogP contribution in [0, 0.1) is 5.92 Å². The lowest BCUT2D eigenvalue weighted by atomic mass is 10.1. The molecule has 0 aliphatic rings. The topological polar surface area (TPSA) is 73.6 Å². The molecule has 112 valence electrons. The van der Waals surface area contributed by atoms with Crippen LogP contribution in [-0.2, 0) is 4.79 Å². The number of nitrogens with two attached hydrogens (primary N) is 1. The van der Waals surface area contributed by atoms with E-state index in [1.165, 1.54) is 0 Å². The summed E-state index contributed by atoms with van der Waals surface area (Å²) < 4.78 is 10.9. The molecule has 0 aromatic heterocycles. The van der Waals surface area contributed by atoms with Gasteiger partial charge in [-0.15, -0.1) is 0 Å². The van der Waals surface area contributed by atoms with Crippen LogP contribution in [0.3, 0.4) is 0 Å². The summed E-state index contributed by atoms with van der Waals surface area (Å²) in [7, 11) is 0. The van der Waals surface area contributed by atoms with Crippen LogP contribution in [0.15, 0.2) is 18.2 Å². The van der Waals surface area contributed by atoms with Gasteiger partial charge in [-0.3, -0.25) is 4.79 Å². The van der Waals surface area contributed by atoms with Gasteiger partial charge in [0, 0.05) is 12.5 Å². The lowest BCUT2D eigenvalue weighted by Gasteiger charge is -2.14. The zero-order chi connectivity index (χ0) is 15.0. The third-order valence-electron chi connectivity index (χ3n) is 2.77. The lowest BCUT2D eigenvalue weighted by Crippen LogP contribution is -2.20. The molecule has 1 atom stereocenters. The number of anilines is 1.